The van der Waals surface area contributed by atoms with Crippen molar-refractivity contribution >= 4 is 22.9 Å². The molecule has 0 bridgehead atoms. The summed E-state index contributed by atoms with van der Waals surface area (Å²) in [5, 5.41) is 5.74. The third-order valence-corrected chi connectivity index (χ3v) is 5.99. The molecule has 1 aliphatic heterocycles. The Bertz CT molecular complexity index is 1200. The molecule has 154 valence electrons. The van der Waals surface area contributed by atoms with Crippen LogP contribution in [-0.4, -0.2) is 31.9 Å². The number of alkyl halides is 3. The maximum Gasteiger partial charge on any atom is 0.433 e. The fraction of sp³-hybridized carbons (Fsp3) is 0.250. The lowest BCUT2D eigenvalue weighted by molar-refractivity contribution is -0.142. The van der Waals surface area contributed by atoms with Gasteiger partial charge in [-0.05, 0) is 42.5 Å². The second-order valence-corrected chi connectivity index (χ2v) is 7.92. The van der Waals surface area contributed by atoms with Crippen molar-refractivity contribution in [3.63, 3.8) is 0 Å². The maximum absolute atomic E-state index is 13.7. The van der Waals surface area contributed by atoms with Gasteiger partial charge in [0.1, 0.15) is 5.76 Å². The van der Waals surface area contributed by atoms with Gasteiger partial charge in [0.25, 0.3) is 5.91 Å². The number of hydrogen-bond donors (Lipinski definition) is 0. The van der Waals surface area contributed by atoms with Crippen molar-refractivity contribution in [3.8, 4) is 10.6 Å². The topological polar surface area (TPSA) is 63.6 Å². The quantitative estimate of drug-likeness (QED) is 0.455. The number of nitrogens with zero attached hydrogens (tertiary/aromatic N) is 4. The molecule has 0 aliphatic carbocycles. The van der Waals surface area contributed by atoms with E-state index in [1.54, 1.807) is 34.5 Å². The average Bonchev–Trinajstić information content (AvgIpc) is 3.51. The first-order chi connectivity index (χ1) is 14.4. The molecule has 0 spiro atoms. The molecule has 1 fully saturated rings. The van der Waals surface area contributed by atoms with Gasteiger partial charge in [0, 0.05) is 12.6 Å². The van der Waals surface area contributed by atoms with E-state index in [2.05, 4.69) is 10.1 Å². The van der Waals surface area contributed by atoms with Crippen LogP contribution in [0.1, 0.15) is 40.8 Å². The molecule has 0 N–H and O–H groups in total. The standard InChI is InChI=1S/C20H15F3N4O2S/c21-20(22,23)17-10-12(16-6-3-9-30-16)24-18-11-13(25-27(17)18)19(28)26-7-1-4-14(26)15-5-2-8-29-15/h2-3,5-6,8-11,14H,1,4,7H2. The number of fused-ring (bicyclic) bond motifs is 1. The minimum Gasteiger partial charge on any atom is -0.467 e. The molecule has 1 atom stereocenters. The van der Waals surface area contributed by atoms with Crippen LogP contribution in [0.15, 0.2) is 52.5 Å². The molecule has 5 rings (SSSR count). The van der Waals surface area contributed by atoms with E-state index in [9.17, 15) is 18.0 Å². The van der Waals surface area contributed by atoms with Crippen LogP contribution < -0.4 is 0 Å². The van der Waals surface area contributed by atoms with Gasteiger partial charge >= 0.3 is 6.18 Å². The van der Waals surface area contributed by atoms with Crippen LogP contribution in [0, 0.1) is 0 Å². The molecule has 1 amide bonds. The van der Waals surface area contributed by atoms with Crippen molar-refractivity contribution in [1.82, 2.24) is 19.5 Å². The lowest BCUT2D eigenvalue weighted by Crippen LogP contribution is -2.30. The number of rotatable bonds is 3. The van der Waals surface area contributed by atoms with E-state index in [0.29, 0.717) is 21.7 Å². The summed E-state index contributed by atoms with van der Waals surface area (Å²) in [6.07, 6.45) is -1.61. The van der Waals surface area contributed by atoms with Crippen LogP contribution in [0.4, 0.5) is 13.2 Å². The number of amides is 1. The molecule has 0 saturated carbocycles. The number of hydrogen-bond acceptors (Lipinski definition) is 5. The second kappa shape index (κ2) is 6.98. The van der Waals surface area contributed by atoms with Crippen LogP contribution in [-0.2, 0) is 6.18 Å². The maximum atomic E-state index is 13.7. The minimum atomic E-state index is -4.65. The van der Waals surface area contributed by atoms with Gasteiger partial charge in [-0.1, -0.05) is 6.07 Å². The largest absolute Gasteiger partial charge is 0.467 e. The molecule has 6 nitrogen and oxygen atoms in total. The normalized spacial score (nSPS) is 17.2. The van der Waals surface area contributed by atoms with Gasteiger partial charge in [0.05, 0.1) is 22.9 Å². The van der Waals surface area contributed by atoms with Gasteiger partial charge in [0.2, 0.25) is 0 Å². The molecule has 4 aromatic rings. The van der Waals surface area contributed by atoms with Gasteiger partial charge in [-0.3, -0.25) is 4.79 Å². The number of thiophene rings is 1. The van der Waals surface area contributed by atoms with Crippen LogP contribution in [0.3, 0.4) is 0 Å². The Morgan fingerprint density at radius 2 is 2.10 bits per heavy atom. The lowest BCUT2D eigenvalue weighted by Gasteiger charge is -2.22. The summed E-state index contributed by atoms with van der Waals surface area (Å²) in [5.41, 5.74) is -0.877. The van der Waals surface area contributed by atoms with Crippen molar-refractivity contribution in [1.29, 1.82) is 0 Å². The van der Waals surface area contributed by atoms with Crippen LogP contribution in [0.2, 0.25) is 0 Å². The van der Waals surface area contributed by atoms with Crippen LogP contribution in [0.5, 0.6) is 0 Å². The van der Waals surface area contributed by atoms with E-state index in [1.165, 1.54) is 23.7 Å². The molecular weight excluding hydrogens is 417 g/mol. The first-order valence-corrected chi connectivity index (χ1v) is 10.2. The Balaban J connectivity index is 1.58. The molecule has 30 heavy (non-hydrogen) atoms. The number of aromatic nitrogens is 3. The average molecular weight is 432 g/mol. The fourth-order valence-corrected chi connectivity index (χ4v) is 4.45. The highest BCUT2D eigenvalue weighted by Gasteiger charge is 2.37. The van der Waals surface area contributed by atoms with Gasteiger partial charge in [-0.25, -0.2) is 9.50 Å². The Morgan fingerprint density at radius 1 is 1.23 bits per heavy atom. The Hall–Kier alpha value is -3.14. The van der Waals surface area contributed by atoms with E-state index < -0.39 is 17.8 Å². The Labute approximate surface area is 172 Å². The summed E-state index contributed by atoms with van der Waals surface area (Å²) in [6, 6.07) is 8.99. The second-order valence-electron chi connectivity index (χ2n) is 6.97. The molecule has 4 aromatic heterocycles. The number of carbonyl (C=O) groups is 1. The zero-order valence-corrected chi connectivity index (χ0v) is 16.3. The molecule has 1 saturated heterocycles. The summed E-state index contributed by atoms with van der Waals surface area (Å²) in [5.74, 6) is 0.212. The molecule has 5 heterocycles. The summed E-state index contributed by atoms with van der Waals surface area (Å²) in [7, 11) is 0. The molecule has 1 unspecified atom stereocenters. The van der Waals surface area contributed by atoms with Gasteiger partial charge in [-0.15, -0.1) is 11.3 Å². The number of furan rings is 1. The molecule has 0 aromatic carbocycles. The van der Waals surface area contributed by atoms with E-state index in [-0.39, 0.29) is 23.1 Å². The molecular formula is C20H15F3N4O2S. The minimum absolute atomic E-state index is 0.0229. The highest BCUT2D eigenvalue weighted by Crippen LogP contribution is 2.35. The Kier molecular flexibility index (Phi) is 4.39. The molecule has 0 radical (unpaired) electrons. The van der Waals surface area contributed by atoms with Crippen LogP contribution in [0.25, 0.3) is 16.2 Å². The van der Waals surface area contributed by atoms with E-state index in [4.69, 9.17) is 4.42 Å². The van der Waals surface area contributed by atoms with E-state index >= 15 is 0 Å². The molecule has 10 heteroatoms. The zero-order chi connectivity index (χ0) is 20.9. The lowest BCUT2D eigenvalue weighted by atomic mass is 10.1. The number of carbonyl (C=O) groups excluding carboxylic acids is 1. The third kappa shape index (κ3) is 3.17. The van der Waals surface area contributed by atoms with Gasteiger partial charge in [-0.2, -0.15) is 18.3 Å². The number of halogens is 3. The summed E-state index contributed by atoms with van der Waals surface area (Å²) >= 11 is 1.29. The SMILES string of the molecule is O=C(c1cc2nc(-c3cccs3)cc(C(F)(F)F)n2n1)N1CCCC1c1ccco1. The summed E-state index contributed by atoms with van der Waals surface area (Å²) in [6.45, 7) is 0.484. The first kappa shape index (κ1) is 18.9. The van der Waals surface area contributed by atoms with Crippen molar-refractivity contribution in [2.45, 2.75) is 25.1 Å². The summed E-state index contributed by atoms with van der Waals surface area (Å²) < 4.78 is 47.2. The predicted molar refractivity (Wildman–Crippen MR) is 103 cm³/mol. The zero-order valence-electron chi connectivity index (χ0n) is 15.5. The smallest absolute Gasteiger partial charge is 0.433 e. The van der Waals surface area contributed by atoms with Crippen LogP contribution >= 0.6 is 11.3 Å². The highest BCUT2D eigenvalue weighted by molar-refractivity contribution is 7.13. The third-order valence-electron chi connectivity index (χ3n) is 5.10. The number of likely N-dealkylation sites (tertiary alicyclic amines) is 1. The summed E-state index contributed by atoms with van der Waals surface area (Å²) in [4.78, 5) is 19.6. The van der Waals surface area contributed by atoms with Crippen molar-refractivity contribution in [2.24, 2.45) is 0 Å². The highest BCUT2D eigenvalue weighted by atomic mass is 32.1. The van der Waals surface area contributed by atoms with Gasteiger partial charge in [0.15, 0.2) is 17.0 Å². The predicted octanol–water partition coefficient (Wildman–Crippen LogP) is 5.05. The fourth-order valence-electron chi connectivity index (χ4n) is 3.77. The van der Waals surface area contributed by atoms with Crippen molar-refractivity contribution in [3.05, 3.63) is 65.2 Å². The van der Waals surface area contributed by atoms with E-state index in [1.807, 2.05) is 0 Å². The first-order valence-electron chi connectivity index (χ1n) is 9.28. The Morgan fingerprint density at radius 3 is 2.80 bits per heavy atom. The van der Waals surface area contributed by atoms with Gasteiger partial charge < -0.3 is 9.32 Å². The van der Waals surface area contributed by atoms with Crippen molar-refractivity contribution < 1.29 is 22.4 Å². The van der Waals surface area contributed by atoms with E-state index in [0.717, 1.165) is 18.9 Å². The molecule has 1 aliphatic rings. The van der Waals surface area contributed by atoms with Crippen molar-refractivity contribution in [2.75, 3.05) is 6.54 Å². The monoisotopic (exact) mass is 432 g/mol.